The molecule has 3 nitrogen and oxygen atoms in total. The molecule has 3 atom stereocenters. The number of aliphatic hydroxyl groups excluding tert-OH is 1. The van der Waals surface area contributed by atoms with Crippen LogP contribution in [0.15, 0.2) is 0 Å². The lowest BCUT2D eigenvalue weighted by molar-refractivity contribution is 0.108. The second-order valence-electron chi connectivity index (χ2n) is 8.03. The minimum absolute atomic E-state index is 0.0427. The van der Waals surface area contributed by atoms with Gasteiger partial charge in [0.15, 0.2) is 0 Å². The Kier molecular flexibility index (Phi) is 5.23. The smallest absolute Gasteiger partial charge is 0.0610 e. The third kappa shape index (κ3) is 4.20. The maximum absolute atomic E-state index is 9.66. The zero-order valence-corrected chi connectivity index (χ0v) is 13.8. The predicted molar refractivity (Wildman–Crippen MR) is 87.4 cm³/mol. The predicted octanol–water partition coefficient (Wildman–Crippen LogP) is 2.92. The summed E-state index contributed by atoms with van der Waals surface area (Å²) in [4.78, 5) is 2.78. The van der Waals surface area contributed by atoms with E-state index in [9.17, 15) is 5.11 Å². The van der Waals surface area contributed by atoms with E-state index in [2.05, 4.69) is 17.1 Å². The fraction of sp³-hybridized carbons (Fsp3) is 1.00. The Morgan fingerprint density at radius 3 is 2.67 bits per heavy atom. The lowest BCUT2D eigenvalue weighted by Crippen LogP contribution is -2.47. The number of unbranched alkanes of at least 4 members (excludes halogenated alkanes) is 1. The van der Waals surface area contributed by atoms with E-state index < -0.39 is 0 Å². The first-order valence-corrected chi connectivity index (χ1v) is 9.33. The molecule has 3 unspecified atom stereocenters. The largest absolute Gasteiger partial charge is 0.394 e. The van der Waals surface area contributed by atoms with E-state index in [0.717, 1.165) is 18.4 Å². The molecule has 1 saturated heterocycles. The summed E-state index contributed by atoms with van der Waals surface area (Å²) in [6.07, 6.45) is 13.5. The standard InChI is InChI=1S/C18H34N2O/c1-18(14-21,19-16-9-10-16)11-2-3-12-20-13-5-7-15-6-4-8-17(15)20/h15-17,19,21H,2-14H2,1H3. The highest BCUT2D eigenvalue weighted by Crippen LogP contribution is 2.36. The molecule has 2 saturated carbocycles. The van der Waals surface area contributed by atoms with Gasteiger partial charge in [0, 0.05) is 17.6 Å². The highest BCUT2D eigenvalue weighted by Gasteiger charge is 2.35. The van der Waals surface area contributed by atoms with E-state index in [-0.39, 0.29) is 12.1 Å². The summed E-state index contributed by atoms with van der Waals surface area (Å²) in [5.74, 6) is 1.01. The summed E-state index contributed by atoms with van der Waals surface area (Å²) >= 11 is 0. The minimum Gasteiger partial charge on any atom is -0.394 e. The second-order valence-corrected chi connectivity index (χ2v) is 8.03. The normalized spacial score (nSPS) is 32.9. The van der Waals surface area contributed by atoms with Gasteiger partial charge in [-0.2, -0.15) is 0 Å². The highest BCUT2D eigenvalue weighted by atomic mass is 16.3. The number of nitrogens with one attached hydrogen (secondary N) is 1. The molecule has 0 amide bonds. The van der Waals surface area contributed by atoms with Crippen molar-refractivity contribution in [2.45, 2.75) is 88.8 Å². The molecule has 1 aliphatic heterocycles. The van der Waals surface area contributed by atoms with E-state index in [1.54, 1.807) is 0 Å². The van der Waals surface area contributed by atoms with E-state index in [0.29, 0.717) is 6.04 Å². The molecule has 0 aromatic heterocycles. The van der Waals surface area contributed by atoms with Crippen LogP contribution in [0.1, 0.15) is 71.1 Å². The zero-order chi connectivity index (χ0) is 14.7. The molecule has 0 bridgehead atoms. The number of hydrogen-bond acceptors (Lipinski definition) is 3. The number of aliphatic hydroxyl groups is 1. The van der Waals surface area contributed by atoms with Crippen molar-refractivity contribution in [1.82, 2.24) is 10.2 Å². The Labute approximate surface area is 130 Å². The Balaban J connectivity index is 1.37. The topological polar surface area (TPSA) is 35.5 Å². The van der Waals surface area contributed by atoms with Gasteiger partial charge < -0.3 is 15.3 Å². The average Bonchev–Trinajstić information content (AvgIpc) is 3.16. The van der Waals surface area contributed by atoms with Crippen LogP contribution >= 0.6 is 0 Å². The number of fused-ring (bicyclic) bond motifs is 1. The van der Waals surface area contributed by atoms with Gasteiger partial charge in [0.25, 0.3) is 0 Å². The van der Waals surface area contributed by atoms with Crippen LogP contribution < -0.4 is 5.32 Å². The van der Waals surface area contributed by atoms with Crippen molar-refractivity contribution in [3.05, 3.63) is 0 Å². The van der Waals surface area contributed by atoms with Crippen molar-refractivity contribution in [2.75, 3.05) is 19.7 Å². The molecule has 0 aromatic rings. The van der Waals surface area contributed by atoms with Crippen molar-refractivity contribution in [3.8, 4) is 0 Å². The monoisotopic (exact) mass is 294 g/mol. The second kappa shape index (κ2) is 6.97. The molecule has 2 N–H and O–H groups in total. The quantitative estimate of drug-likeness (QED) is 0.676. The van der Waals surface area contributed by atoms with Crippen LogP contribution in [-0.4, -0.2) is 47.3 Å². The van der Waals surface area contributed by atoms with Crippen LogP contribution in [-0.2, 0) is 0 Å². The van der Waals surface area contributed by atoms with Crippen LogP contribution in [0, 0.1) is 5.92 Å². The minimum atomic E-state index is -0.0427. The lowest BCUT2D eigenvalue weighted by atomic mass is 9.91. The Hall–Kier alpha value is -0.120. The third-order valence-corrected chi connectivity index (χ3v) is 6.01. The maximum Gasteiger partial charge on any atom is 0.0610 e. The molecule has 0 radical (unpaired) electrons. The van der Waals surface area contributed by atoms with Crippen molar-refractivity contribution in [2.24, 2.45) is 5.92 Å². The molecular weight excluding hydrogens is 260 g/mol. The Morgan fingerprint density at radius 2 is 1.90 bits per heavy atom. The summed E-state index contributed by atoms with van der Waals surface area (Å²) in [5, 5.41) is 13.3. The zero-order valence-electron chi connectivity index (χ0n) is 13.8. The first-order chi connectivity index (χ1) is 10.2. The number of piperidine rings is 1. The van der Waals surface area contributed by atoms with Crippen LogP contribution in [0.2, 0.25) is 0 Å². The van der Waals surface area contributed by atoms with Crippen molar-refractivity contribution >= 4 is 0 Å². The number of hydrogen-bond donors (Lipinski definition) is 2. The van der Waals surface area contributed by atoms with Crippen LogP contribution in [0.25, 0.3) is 0 Å². The Morgan fingerprint density at radius 1 is 1.10 bits per heavy atom. The van der Waals surface area contributed by atoms with Gasteiger partial charge >= 0.3 is 0 Å². The van der Waals surface area contributed by atoms with Gasteiger partial charge in [0.05, 0.1) is 6.61 Å². The Bertz CT molecular complexity index is 331. The molecule has 0 aromatic carbocycles. The van der Waals surface area contributed by atoms with Gasteiger partial charge in [-0.05, 0) is 77.3 Å². The molecular formula is C18H34N2O. The van der Waals surface area contributed by atoms with Gasteiger partial charge in [-0.1, -0.05) is 12.8 Å². The summed E-state index contributed by atoms with van der Waals surface area (Å²) in [6.45, 7) is 5.09. The molecule has 0 spiro atoms. The number of nitrogens with zero attached hydrogens (tertiary/aromatic N) is 1. The van der Waals surface area contributed by atoms with Gasteiger partial charge in [-0.15, -0.1) is 0 Å². The first kappa shape index (κ1) is 15.8. The third-order valence-electron chi connectivity index (χ3n) is 6.01. The molecule has 3 fully saturated rings. The van der Waals surface area contributed by atoms with Gasteiger partial charge in [-0.3, -0.25) is 0 Å². The summed E-state index contributed by atoms with van der Waals surface area (Å²) in [7, 11) is 0. The first-order valence-electron chi connectivity index (χ1n) is 9.33. The van der Waals surface area contributed by atoms with Crippen molar-refractivity contribution in [1.29, 1.82) is 0 Å². The lowest BCUT2D eigenvalue weighted by Gasteiger charge is -2.38. The summed E-state index contributed by atoms with van der Waals surface area (Å²) in [6, 6.07) is 1.59. The molecule has 3 aliphatic rings. The average molecular weight is 294 g/mol. The maximum atomic E-state index is 9.66. The fourth-order valence-corrected chi connectivity index (χ4v) is 4.58. The molecule has 2 aliphatic carbocycles. The van der Waals surface area contributed by atoms with E-state index >= 15 is 0 Å². The SMILES string of the molecule is CC(CO)(CCCCN1CCCC2CCCC21)NC1CC1. The molecule has 1 heterocycles. The van der Waals surface area contributed by atoms with Crippen LogP contribution in [0.3, 0.4) is 0 Å². The molecule has 3 heteroatoms. The number of likely N-dealkylation sites (tertiary alicyclic amines) is 1. The summed E-state index contributed by atoms with van der Waals surface area (Å²) < 4.78 is 0. The van der Waals surface area contributed by atoms with Gasteiger partial charge in [0.1, 0.15) is 0 Å². The van der Waals surface area contributed by atoms with Gasteiger partial charge in [-0.25, -0.2) is 0 Å². The molecule has 21 heavy (non-hydrogen) atoms. The highest BCUT2D eigenvalue weighted by molar-refractivity contribution is 4.92. The van der Waals surface area contributed by atoms with E-state index in [1.165, 1.54) is 70.9 Å². The van der Waals surface area contributed by atoms with E-state index in [1.807, 2.05) is 0 Å². The molecule has 3 rings (SSSR count). The van der Waals surface area contributed by atoms with Crippen molar-refractivity contribution < 1.29 is 5.11 Å². The fourth-order valence-electron chi connectivity index (χ4n) is 4.58. The van der Waals surface area contributed by atoms with Crippen LogP contribution in [0.5, 0.6) is 0 Å². The number of rotatable bonds is 8. The molecule has 122 valence electrons. The van der Waals surface area contributed by atoms with Crippen molar-refractivity contribution in [3.63, 3.8) is 0 Å². The van der Waals surface area contributed by atoms with Gasteiger partial charge in [0.2, 0.25) is 0 Å². The van der Waals surface area contributed by atoms with Crippen LogP contribution in [0.4, 0.5) is 0 Å². The van der Waals surface area contributed by atoms with E-state index in [4.69, 9.17) is 0 Å². The summed E-state index contributed by atoms with van der Waals surface area (Å²) in [5.41, 5.74) is -0.0427.